The van der Waals surface area contributed by atoms with Gasteiger partial charge < -0.3 is 4.57 Å². The number of fused-ring (bicyclic) bond motifs is 1. The first-order valence-electron chi connectivity index (χ1n) is 10.4. The zero-order chi connectivity index (χ0) is 22.4. The second kappa shape index (κ2) is 10.4. The Labute approximate surface area is 183 Å². The van der Waals surface area contributed by atoms with Crippen LogP contribution in [-0.2, 0) is 13.6 Å². The molecular formula is C21H26ClFN6O2. The van der Waals surface area contributed by atoms with Crippen molar-refractivity contribution in [3.8, 4) is 0 Å². The average Bonchev–Trinajstić information content (AvgIpc) is 3.10. The summed E-state index contributed by atoms with van der Waals surface area (Å²) >= 11 is 6.02. The van der Waals surface area contributed by atoms with Crippen molar-refractivity contribution in [1.82, 2.24) is 19.1 Å². The van der Waals surface area contributed by atoms with Crippen LogP contribution in [0, 0.1) is 5.82 Å². The third-order valence-corrected chi connectivity index (χ3v) is 5.43. The first-order valence-corrected chi connectivity index (χ1v) is 10.7. The minimum absolute atomic E-state index is 0.139. The number of aromatic amines is 1. The molecule has 10 heteroatoms. The van der Waals surface area contributed by atoms with E-state index in [2.05, 4.69) is 27.4 Å². The number of H-pyrrole nitrogens is 1. The van der Waals surface area contributed by atoms with Crippen LogP contribution in [-0.4, -0.2) is 25.3 Å². The predicted octanol–water partition coefficient (Wildman–Crippen LogP) is 4.02. The molecule has 0 unspecified atom stereocenters. The van der Waals surface area contributed by atoms with Gasteiger partial charge in [0.25, 0.3) is 5.56 Å². The number of rotatable bonds is 10. The number of halogens is 2. The number of aryl methyl sites for hydroxylation is 2. The molecule has 0 fully saturated rings. The van der Waals surface area contributed by atoms with E-state index in [9.17, 15) is 14.0 Å². The van der Waals surface area contributed by atoms with Gasteiger partial charge in [-0.15, -0.1) is 0 Å². The number of imidazole rings is 1. The molecule has 2 heterocycles. The Morgan fingerprint density at radius 2 is 1.97 bits per heavy atom. The molecular weight excluding hydrogens is 423 g/mol. The number of nitrogens with one attached hydrogen (secondary N) is 2. The van der Waals surface area contributed by atoms with Gasteiger partial charge in [0.1, 0.15) is 5.82 Å². The Bertz CT molecular complexity index is 1180. The fourth-order valence-corrected chi connectivity index (χ4v) is 3.59. The third-order valence-electron chi connectivity index (χ3n) is 5.10. The molecule has 2 aromatic heterocycles. The van der Waals surface area contributed by atoms with Crippen molar-refractivity contribution >= 4 is 34.9 Å². The standard InChI is InChI=1S/C21H26ClFN6O2/c1-3-4-5-6-7-8-12-29-17-18(28(2)21(31)26-19(17)30)25-20(29)27-24-13-14-15(22)10-9-11-16(14)23/h9-11,13H,3-8,12H2,1-2H3,(H,25,27)(H,26,30,31)/b24-13-. The van der Waals surface area contributed by atoms with E-state index < -0.39 is 17.1 Å². The molecule has 166 valence electrons. The largest absolute Gasteiger partial charge is 0.329 e. The van der Waals surface area contributed by atoms with Crippen LogP contribution >= 0.6 is 11.6 Å². The number of hydrogen-bond donors (Lipinski definition) is 2. The van der Waals surface area contributed by atoms with Crippen molar-refractivity contribution in [3.63, 3.8) is 0 Å². The minimum Gasteiger partial charge on any atom is -0.303 e. The molecule has 3 rings (SSSR count). The van der Waals surface area contributed by atoms with Crippen LogP contribution in [0.5, 0.6) is 0 Å². The van der Waals surface area contributed by atoms with Gasteiger partial charge in [-0.1, -0.05) is 56.7 Å². The summed E-state index contributed by atoms with van der Waals surface area (Å²) in [6.45, 7) is 2.70. The zero-order valence-corrected chi connectivity index (χ0v) is 18.4. The lowest BCUT2D eigenvalue weighted by Gasteiger charge is -2.08. The highest BCUT2D eigenvalue weighted by atomic mass is 35.5. The monoisotopic (exact) mass is 448 g/mol. The van der Waals surface area contributed by atoms with Crippen LogP contribution in [0.1, 0.15) is 51.0 Å². The SMILES string of the molecule is CCCCCCCCn1c(N/N=C\c2c(F)cccc2Cl)nc2c1c(=O)[nH]c(=O)n2C. The normalized spacial score (nSPS) is 11.6. The van der Waals surface area contributed by atoms with Gasteiger partial charge in [-0.2, -0.15) is 10.1 Å². The number of aromatic nitrogens is 4. The molecule has 0 aliphatic heterocycles. The molecule has 0 amide bonds. The van der Waals surface area contributed by atoms with Gasteiger partial charge in [-0.3, -0.25) is 14.3 Å². The summed E-state index contributed by atoms with van der Waals surface area (Å²) in [5.74, 6) is -0.212. The van der Waals surface area contributed by atoms with Crippen molar-refractivity contribution in [1.29, 1.82) is 0 Å². The quantitative estimate of drug-likeness (QED) is 0.278. The first-order chi connectivity index (χ1) is 14.9. The summed E-state index contributed by atoms with van der Waals surface area (Å²) in [5.41, 5.74) is 2.39. The molecule has 0 aliphatic rings. The van der Waals surface area contributed by atoms with E-state index in [0.29, 0.717) is 12.5 Å². The Hall–Kier alpha value is -2.94. The van der Waals surface area contributed by atoms with E-state index in [0.717, 1.165) is 19.3 Å². The van der Waals surface area contributed by atoms with Crippen LogP contribution in [0.3, 0.4) is 0 Å². The maximum atomic E-state index is 14.0. The fraction of sp³-hybridized carbons (Fsp3) is 0.429. The van der Waals surface area contributed by atoms with Crippen molar-refractivity contribution in [2.75, 3.05) is 5.43 Å². The summed E-state index contributed by atoms with van der Waals surface area (Å²) in [7, 11) is 1.54. The molecule has 3 aromatic rings. The van der Waals surface area contributed by atoms with Crippen LogP contribution < -0.4 is 16.7 Å². The Balaban J connectivity index is 1.89. The summed E-state index contributed by atoms with van der Waals surface area (Å²) in [5, 5.41) is 4.28. The number of nitrogens with zero attached hydrogens (tertiary/aromatic N) is 4. The molecule has 0 bridgehead atoms. The van der Waals surface area contributed by atoms with Gasteiger partial charge >= 0.3 is 5.69 Å². The summed E-state index contributed by atoms with van der Waals surface area (Å²) in [6, 6.07) is 4.36. The molecule has 0 saturated carbocycles. The van der Waals surface area contributed by atoms with Crippen LogP contribution in [0.2, 0.25) is 5.02 Å². The molecule has 2 N–H and O–H groups in total. The van der Waals surface area contributed by atoms with Gasteiger partial charge in [0.05, 0.1) is 11.2 Å². The van der Waals surface area contributed by atoms with Gasteiger partial charge in [-0.05, 0) is 18.6 Å². The van der Waals surface area contributed by atoms with Crippen molar-refractivity contribution < 1.29 is 4.39 Å². The van der Waals surface area contributed by atoms with E-state index in [4.69, 9.17) is 11.6 Å². The van der Waals surface area contributed by atoms with Crippen LogP contribution in [0.4, 0.5) is 10.3 Å². The van der Waals surface area contributed by atoms with E-state index in [1.807, 2.05) is 0 Å². The number of hydrazone groups is 1. The van der Waals surface area contributed by atoms with Crippen molar-refractivity contribution in [3.05, 3.63) is 55.4 Å². The Morgan fingerprint density at radius 3 is 2.71 bits per heavy atom. The molecule has 0 aliphatic carbocycles. The topological polar surface area (TPSA) is 97.1 Å². The van der Waals surface area contributed by atoms with Gasteiger partial charge in [0, 0.05) is 19.2 Å². The molecule has 0 radical (unpaired) electrons. The number of anilines is 1. The summed E-state index contributed by atoms with van der Waals surface area (Å²) in [6.07, 6.45) is 7.78. The molecule has 31 heavy (non-hydrogen) atoms. The molecule has 0 atom stereocenters. The summed E-state index contributed by atoms with van der Waals surface area (Å²) < 4.78 is 16.9. The molecule has 1 aromatic carbocycles. The van der Waals surface area contributed by atoms with Crippen molar-refractivity contribution in [2.24, 2.45) is 12.1 Å². The van der Waals surface area contributed by atoms with E-state index in [-0.39, 0.29) is 21.7 Å². The maximum Gasteiger partial charge on any atom is 0.329 e. The van der Waals surface area contributed by atoms with Crippen LogP contribution in [0.25, 0.3) is 11.2 Å². The smallest absolute Gasteiger partial charge is 0.303 e. The Morgan fingerprint density at radius 1 is 1.23 bits per heavy atom. The molecule has 8 nitrogen and oxygen atoms in total. The third kappa shape index (κ3) is 5.22. The van der Waals surface area contributed by atoms with Gasteiger partial charge in [-0.25, -0.2) is 14.6 Å². The molecule has 0 spiro atoms. The van der Waals surface area contributed by atoms with E-state index in [1.54, 1.807) is 10.6 Å². The summed E-state index contributed by atoms with van der Waals surface area (Å²) in [4.78, 5) is 31.1. The second-order valence-electron chi connectivity index (χ2n) is 7.35. The van der Waals surface area contributed by atoms with Gasteiger partial charge in [0.15, 0.2) is 11.2 Å². The number of unbranched alkanes of at least 4 members (excludes halogenated alkanes) is 5. The molecule has 0 saturated heterocycles. The highest BCUT2D eigenvalue weighted by Gasteiger charge is 2.17. The number of benzene rings is 1. The highest BCUT2D eigenvalue weighted by Crippen LogP contribution is 2.19. The lowest BCUT2D eigenvalue weighted by Crippen LogP contribution is -2.29. The van der Waals surface area contributed by atoms with Crippen LogP contribution in [0.15, 0.2) is 32.9 Å². The highest BCUT2D eigenvalue weighted by molar-refractivity contribution is 6.33. The van der Waals surface area contributed by atoms with E-state index in [1.165, 1.54) is 49.2 Å². The number of hydrogen-bond acceptors (Lipinski definition) is 5. The Kier molecular flexibility index (Phi) is 7.62. The van der Waals surface area contributed by atoms with Crippen molar-refractivity contribution in [2.45, 2.75) is 52.0 Å². The minimum atomic E-state index is -0.546. The van der Waals surface area contributed by atoms with E-state index >= 15 is 0 Å². The zero-order valence-electron chi connectivity index (χ0n) is 17.6. The predicted molar refractivity (Wildman–Crippen MR) is 122 cm³/mol. The average molecular weight is 449 g/mol. The van der Waals surface area contributed by atoms with Gasteiger partial charge in [0.2, 0.25) is 5.95 Å². The second-order valence-corrected chi connectivity index (χ2v) is 7.76. The first kappa shape index (κ1) is 22.7. The lowest BCUT2D eigenvalue weighted by atomic mass is 10.1. The maximum absolute atomic E-state index is 14.0. The lowest BCUT2D eigenvalue weighted by molar-refractivity contribution is 0.565. The fourth-order valence-electron chi connectivity index (χ4n) is 3.38.